The molecule has 1 aromatic heterocycles. The first-order valence-electron chi connectivity index (χ1n) is 5.22. The Balaban J connectivity index is 2.10. The second-order valence-corrected chi connectivity index (χ2v) is 5.00. The molecule has 0 aromatic carbocycles. The van der Waals surface area contributed by atoms with Gasteiger partial charge in [0.2, 0.25) is 0 Å². The Kier molecular flexibility index (Phi) is 1.99. The molecule has 76 valence electrons. The summed E-state index contributed by atoms with van der Waals surface area (Å²) in [5, 5.41) is 0. The summed E-state index contributed by atoms with van der Waals surface area (Å²) in [6.07, 6.45) is 12.0. The number of aromatic nitrogens is 1. The average Bonchev–Trinajstić information content (AvgIpc) is 2.25. The van der Waals surface area contributed by atoms with E-state index in [4.69, 9.17) is 0 Å². The summed E-state index contributed by atoms with van der Waals surface area (Å²) in [6, 6.07) is 0. The van der Waals surface area contributed by atoms with Crippen LogP contribution < -0.4 is 0 Å². The van der Waals surface area contributed by atoms with Gasteiger partial charge in [-0.05, 0) is 42.4 Å². The van der Waals surface area contributed by atoms with Crippen LogP contribution in [0.5, 0.6) is 0 Å². The first-order valence-corrected chi connectivity index (χ1v) is 6.44. The van der Waals surface area contributed by atoms with Gasteiger partial charge in [0.1, 0.15) is 0 Å². The van der Waals surface area contributed by atoms with Crippen molar-refractivity contribution in [2.45, 2.75) is 19.3 Å². The fraction of sp³-hybridized carbons (Fsp3) is 0.308. The molecular weight excluding hydrogens is 202 g/mol. The van der Waals surface area contributed by atoms with Crippen molar-refractivity contribution < 1.29 is 0 Å². The van der Waals surface area contributed by atoms with Gasteiger partial charge in [-0.3, -0.25) is 4.98 Å². The van der Waals surface area contributed by atoms with E-state index in [1.807, 2.05) is 24.2 Å². The highest BCUT2D eigenvalue weighted by Gasteiger charge is 2.34. The fourth-order valence-electron chi connectivity index (χ4n) is 2.54. The molecular formula is C13H13NS. The Morgan fingerprint density at radius 3 is 3.07 bits per heavy atom. The zero-order chi connectivity index (χ0) is 10.4. The van der Waals surface area contributed by atoms with E-state index in [2.05, 4.69) is 30.3 Å². The van der Waals surface area contributed by atoms with Gasteiger partial charge in [-0.2, -0.15) is 0 Å². The van der Waals surface area contributed by atoms with E-state index in [1.165, 1.54) is 33.6 Å². The molecule has 0 saturated carbocycles. The number of aryl methyl sites for hydroxylation is 1. The standard InChI is InChI=1S/C13H13NS/c1-8-6-14-7-12-11-5-9(15-2)3-4-10(11)13(8)12/h3,5-7,10H,4H2,1-2H3. The predicted molar refractivity (Wildman–Crippen MR) is 65.9 cm³/mol. The zero-order valence-corrected chi connectivity index (χ0v) is 9.77. The van der Waals surface area contributed by atoms with Gasteiger partial charge in [0.15, 0.2) is 0 Å². The normalized spacial score (nSPS) is 22.1. The molecule has 0 N–H and O–H groups in total. The Bertz CT molecular complexity index is 485. The number of hydrogen-bond donors (Lipinski definition) is 0. The lowest BCUT2D eigenvalue weighted by Crippen LogP contribution is -2.19. The number of fused-ring (bicyclic) bond motifs is 4. The van der Waals surface area contributed by atoms with Crippen LogP contribution >= 0.6 is 11.8 Å². The fourth-order valence-corrected chi connectivity index (χ4v) is 3.05. The minimum absolute atomic E-state index is 0.652. The maximum atomic E-state index is 4.27. The van der Waals surface area contributed by atoms with Crippen LogP contribution in [0.25, 0.3) is 5.57 Å². The highest BCUT2D eigenvalue weighted by molar-refractivity contribution is 8.02. The van der Waals surface area contributed by atoms with Gasteiger partial charge < -0.3 is 0 Å². The predicted octanol–water partition coefficient (Wildman–Crippen LogP) is 3.52. The van der Waals surface area contributed by atoms with E-state index in [9.17, 15) is 0 Å². The summed E-state index contributed by atoms with van der Waals surface area (Å²) >= 11 is 1.83. The van der Waals surface area contributed by atoms with Gasteiger partial charge in [0, 0.05) is 28.8 Å². The molecule has 0 amide bonds. The number of hydrogen-bond acceptors (Lipinski definition) is 2. The summed E-state index contributed by atoms with van der Waals surface area (Å²) in [5.74, 6) is 0.652. The molecule has 0 spiro atoms. The molecule has 1 aromatic rings. The van der Waals surface area contributed by atoms with E-state index >= 15 is 0 Å². The largest absolute Gasteiger partial charge is 0.264 e. The molecule has 2 heteroatoms. The molecule has 3 rings (SSSR count). The third-order valence-corrected chi connectivity index (χ3v) is 4.07. The quantitative estimate of drug-likeness (QED) is 0.711. The summed E-state index contributed by atoms with van der Waals surface area (Å²) in [6.45, 7) is 2.16. The monoisotopic (exact) mass is 215 g/mol. The Morgan fingerprint density at radius 2 is 2.27 bits per heavy atom. The molecule has 0 bridgehead atoms. The number of rotatable bonds is 1. The average molecular weight is 215 g/mol. The molecule has 2 aliphatic rings. The van der Waals surface area contributed by atoms with E-state index < -0.39 is 0 Å². The first-order chi connectivity index (χ1) is 7.31. The number of nitrogens with zero attached hydrogens (tertiary/aromatic N) is 1. The summed E-state index contributed by atoms with van der Waals surface area (Å²) < 4.78 is 0. The lowest BCUT2D eigenvalue weighted by Gasteiger charge is -2.36. The van der Waals surface area contributed by atoms with Crippen molar-refractivity contribution in [1.82, 2.24) is 4.98 Å². The topological polar surface area (TPSA) is 12.9 Å². The van der Waals surface area contributed by atoms with Crippen LogP contribution in [-0.2, 0) is 0 Å². The molecule has 2 aliphatic carbocycles. The third kappa shape index (κ3) is 1.21. The SMILES string of the molecule is CSC1=CCC2C(=C1)c1cncc(C)c12. The minimum atomic E-state index is 0.652. The van der Waals surface area contributed by atoms with E-state index in [0.717, 1.165) is 0 Å². The smallest absolute Gasteiger partial charge is 0.0346 e. The van der Waals surface area contributed by atoms with Gasteiger partial charge >= 0.3 is 0 Å². The van der Waals surface area contributed by atoms with Crippen molar-refractivity contribution in [3.63, 3.8) is 0 Å². The Morgan fingerprint density at radius 1 is 1.40 bits per heavy atom. The highest BCUT2D eigenvalue weighted by Crippen LogP contribution is 2.52. The van der Waals surface area contributed by atoms with Crippen molar-refractivity contribution in [3.8, 4) is 0 Å². The molecule has 1 nitrogen and oxygen atoms in total. The van der Waals surface area contributed by atoms with Crippen molar-refractivity contribution in [2.24, 2.45) is 0 Å². The van der Waals surface area contributed by atoms with Gasteiger partial charge in [-0.1, -0.05) is 6.08 Å². The summed E-state index contributed by atoms with van der Waals surface area (Å²) in [5.41, 5.74) is 5.73. The molecule has 1 atom stereocenters. The third-order valence-electron chi connectivity index (χ3n) is 3.31. The lowest BCUT2D eigenvalue weighted by molar-refractivity contribution is 0.802. The van der Waals surface area contributed by atoms with E-state index in [0.29, 0.717) is 5.92 Å². The van der Waals surface area contributed by atoms with Crippen molar-refractivity contribution in [1.29, 1.82) is 0 Å². The second kappa shape index (κ2) is 3.24. The Hall–Kier alpha value is -1.02. The van der Waals surface area contributed by atoms with Gasteiger partial charge in [0.05, 0.1) is 0 Å². The van der Waals surface area contributed by atoms with Gasteiger partial charge in [0.25, 0.3) is 0 Å². The van der Waals surface area contributed by atoms with Crippen LogP contribution in [0.1, 0.15) is 29.0 Å². The molecule has 15 heavy (non-hydrogen) atoms. The lowest BCUT2D eigenvalue weighted by atomic mass is 9.68. The molecule has 1 heterocycles. The van der Waals surface area contributed by atoms with Gasteiger partial charge in [-0.25, -0.2) is 0 Å². The zero-order valence-electron chi connectivity index (χ0n) is 8.95. The van der Waals surface area contributed by atoms with Gasteiger partial charge in [-0.15, -0.1) is 11.8 Å². The number of pyridine rings is 1. The summed E-state index contributed by atoms with van der Waals surface area (Å²) in [7, 11) is 0. The molecule has 0 radical (unpaired) electrons. The molecule has 0 fully saturated rings. The van der Waals surface area contributed by atoms with Crippen LogP contribution in [0.2, 0.25) is 0 Å². The highest BCUT2D eigenvalue weighted by atomic mass is 32.2. The minimum Gasteiger partial charge on any atom is -0.264 e. The van der Waals surface area contributed by atoms with Crippen LogP contribution in [0, 0.1) is 6.92 Å². The number of allylic oxidation sites excluding steroid dienone is 3. The number of thioether (sulfide) groups is 1. The maximum absolute atomic E-state index is 4.27. The molecule has 0 aliphatic heterocycles. The van der Waals surface area contributed by atoms with Crippen molar-refractivity contribution >= 4 is 17.3 Å². The second-order valence-electron chi connectivity index (χ2n) is 4.12. The van der Waals surface area contributed by atoms with Crippen molar-refractivity contribution in [3.05, 3.63) is 46.1 Å². The molecule has 1 unspecified atom stereocenters. The Labute approximate surface area is 94.3 Å². The van der Waals surface area contributed by atoms with Crippen LogP contribution in [-0.4, -0.2) is 11.2 Å². The van der Waals surface area contributed by atoms with E-state index in [1.54, 1.807) is 0 Å². The van der Waals surface area contributed by atoms with Crippen LogP contribution in [0.4, 0.5) is 0 Å². The van der Waals surface area contributed by atoms with Crippen molar-refractivity contribution in [2.75, 3.05) is 6.26 Å². The van der Waals surface area contributed by atoms with E-state index in [-0.39, 0.29) is 0 Å². The van der Waals surface area contributed by atoms with Crippen LogP contribution in [0.15, 0.2) is 29.5 Å². The summed E-state index contributed by atoms with van der Waals surface area (Å²) in [4.78, 5) is 5.67. The van der Waals surface area contributed by atoms with Crippen LogP contribution in [0.3, 0.4) is 0 Å². The molecule has 0 saturated heterocycles. The first kappa shape index (κ1) is 9.22. The maximum Gasteiger partial charge on any atom is 0.0346 e.